The minimum Gasteiger partial charge on any atom is -0.495 e. The molecule has 8 nitrogen and oxygen atoms in total. The lowest BCUT2D eigenvalue weighted by Gasteiger charge is -2.11. The van der Waals surface area contributed by atoms with E-state index in [0.29, 0.717) is 28.0 Å². The van der Waals surface area contributed by atoms with Crippen LogP contribution >= 0.6 is 0 Å². The zero-order chi connectivity index (χ0) is 17.8. The summed E-state index contributed by atoms with van der Waals surface area (Å²) < 4.78 is 5.21. The Morgan fingerprint density at radius 1 is 1.12 bits per heavy atom. The molecule has 0 saturated heterocycles. The zero-order valence-corrected chi connectivity index (χ0v) is 13.8. The number of fused-ring (bicyclic) bond motifs is 1. The number of aromatic amines is 1. The van der Waals surface area contributed by atoms with Crippen LogP contribution in [0.15, 0.2) is 36.4 Å². The van der Waals surface area contributed by atoms with E-state index in [1.54, 1.807) is 30.3 Å². The van der Waals surface area contributed by atoms with E-state index in [1.165, 1.54) is 7.11 Å². The maximum absolute atomic E-state index is 12.2. The van der Waals surface area contributed by atoms with Crippen LogP contribution in [0.1, 0.15) is 15.9 Å². The molecule has 8 heteroatoms. The summed E-state index contributed by atoms with van der Waals surface area (Å²) in [6.45, 7) is 1.75. The second kappa shape index (κ2) is 7.00. The van der Waals surface area contributed by atoms with Gasteiger partial charge in [-0.05, 0) is 42.8 Å². The molecular formula is C17H17N5O3. The van der Waals surface area contributed by atoms with E-state index in [2.05, 4.69) is 26.0 Å². The lowest BCUT2D eigenvalue weighted by Crippen LogP contribution is -2.32. The molecule has 2 aromatic carbocycles. The smallest absolute Gasteiger partial charge is 0.251 e. The lowest BCUT2D eigenvalue weighted by atomic mass is 10.2. The van der Waals surface area contributed by atoms with Crippen molar-refractivity contribution in [1.82, 2.24) is 20.7 Å². The van der Waals surface area contributed by atoms with E-state index in [9.17, 15) is 9.59 Å². The Labute approximate surface area is 143 Å². The molecule has 3 aromatic rings. The fraction of sp³-hybridized carbons (Fsp3) is 0.176. The lowest BCUT2D eigenvalue weighted by molar-refractivity contribution is -0.115. The fourth-order valence-electron chi connectivity index (χ4n) is 2.36. The van der Waals surface area contributed by atoms with Gasteiger partial charge in [-0.1, -0.05) is 6.07 Å². The number of H-pyrrole nitrogens is 1. The van der Waals surface area contributed by atoms with Gasteiger partial charge in [-0.15, -0.1) is 0 Å². The highest BCUT2D eigenvalue weighted by atomic mass is 16.5. The molecule has 0 bridgehead atoms. The fourth-order valence-corrected chi connectivity index (χ4v) is 2.36. The number of nitrogens with zero attached hydrogens (tertiary/aromatic N) is 2. The van der Waals surface area contributed by atoms with Gasteiger partial charge < -0.3 is 15.4 Å². The van der Waals surface area contributed by atoms with E-state index in [4.69, 9.17) is 4.74 Å². The molecule has 128 valence electrons. The third kappa shape index (κ3) is 3.74. The second-order valence-electron chi connectivity index (χ2n) is 5.46. The van der Waals surface area contributed by atoms with Crippen LogP contribution in [0.25, 0.3) is 11.0 Å². The number of methoxy groups -OCH3 is 1. The van der Waals surface area contributed by atoms with Gasteiger partial charge in [0, 0.05) is 5.56 Å². The van der Waals surface area contributed by atoms with Crippen molar-refractivity contribution in [3.8, 4) is 5.75 Å². The number of rotatable bonds is 5. The van der Waals surface area contributed by atoms with E-state index < -0.39 is 0 Å². The molecule has 1 heterocycles. The molecule has 0 unspecified atom stereocenters. The van der Waals surface area contributed by atoms with Crippen molar-refractivity contribution < 1.29 is 14.3 Å². The minimum atomic E-state index is -0.365. The zero-order valence-electron chi connectivity index (χ0n) is 13.8. The van der Waals surface area contributed by atoms with Gasteiger partial charge in [0.25, 0.3) is 5.91 Å². The van der Waals surface area contributed by atoms with Gasteiger partial charge in [-0.3, -0.25) is 9.59 Å². The Morgan fingerprint density at radius 2 is 1.92 bits per heavy atom. The number of amides is 2. The molecule has 3 N–H and O–H groups in total. The molecule has 25 heavy (non-hydrogen) atoms. The van der Waals surface area contributed by atoms with Gasteiger partial charge in [-0.2, -0.15) is 15.4 Å². The summed E-state index contributed by atoms with van der Waals surface area (Å²) >= 11 is 0. The van der Waals surface area contributed by atoms with Crippen LogP contribution in [0.4, 0.5) is 5.69 Å². The SMILES string of the molecule is COc1ccc(C)cc1NC(=O)CNC(=O)c1ccc2n[nH]nc2c1. The summed E-state index contributed by atoms with van der Waals surface area (Å²) in [6, 6.07) is 10.4. The highest BCUT2D eigenvalue weighted by Crippen LogP contribution is 2.24. The maximum Gasteiger partial charge on any atom is 0.251 e. The Hall–Kier alpha value is -3.42. The number of anilines is 1. The van der Waals surface area contributed by atoms with Crippen molar-refractivity contribution in [1.29, 1.82) is 0 Å². The molecule has 1 aromatic heterocycles. The molecule has 0 fully saturated rings. The van der Waals surface area contributed by atoms with E-state index in [-0.39, 0.29) is 18.4 Å². The van der Waals surface area contributed by atoms with Crippen molar-refractivity contribution >= 4 is 28.5 Å². The molecular weight excluding hydrogens is 322 g/mol. The number of carbonyl (C=O) groups is 2. The maximum atomic E-state index is 12.2. The van der Waals surface area contributed by atoms with Crippen molar-refractivity contribution in [3.05, 3.63) is 47.5 Å². The average molecular weight is 339 g/mol. The Morgan fingerprint density at radius 3 is 2.72 bits per heavy atom. The van der Waals surface area contributed by atoms with Crippen LogP contribution < -0.4 is 15.4 Å². The Bertz CT molecular complexity index is 935. The van der Waals surface area contributed by atoms with Gasteiger partial charge in [0.1, 0.15) is 16.8 Å². The van der Waals surface area contributed by atoms with Crippen LogP contribution in [0, 0.1) is 6.92 Å². The number of aryl methyl sites for hydroxylation is 1. The number of ether oxygens (including phenoxy) is 1. The standard InChI is InChI=1S/C17H17N5O3/c1-10-3-6-15(25-2)14(7-10)19-16(23)9-18-17(24)11-4-5-12-13(8-11)21-22-20-12/h3-8H,9H2,1-2H3,(H,18,24)(H,19,23)(H,20,21,22). The first kappa shape index (κ1) is 16.4. The molecule has 2 amide bonds. The topological polar surface area (TPSA) is 109 Å². The largest absolute Gasteiger partial charge is 0.495 e. The predicted octanol–water partition coefficient (Wildman–Crippen LogP) is 1.64. The number of benzene rings is 2. The first-order valence-corrected chi connectivity index (χ1v) is 7.60. The first-order chi connectivity index (χ1) is 12.1. The first-order valence-electron chi connectivity index (χ1n) is 7.60. The highest BCUT2D eigenvalue weighted by Gasteiger charge is 2.12. The Balaban J connectivity index is 1.62. The molecule has 0 saturated carbocycles. The van der Waals surface area contributed by atoms with Crippen LogP contribution in [-0.4, -0.2) is 40.9 Å². The number of hydrogen-bond acceptors (Lipinski definition) is 5. The summed E-state index contributed by atoms with van der Waals surface area (Å²) in [4.78, 5) is 24.3. The van der Waals surface area contributed by atoms with E-state index in [0.717, 1.165) is 5.56 Å². The molecule has 0 aliphatic carbocycles. The molecule has 3 rings (SSSR count). The van der Waals surface area contributed by atoms with Gasteiger partial charge in [0.05, 0.1) is 19.3 Å². The molecule has 0 aliphatic rings. The number of aromatic nitrogens is 3. The molecule has 0 radical (unpaired) electrons. The van der Waals surface area contributed by atoms with Crippen LogP contribution in [-0.2, 0) is 4.79 Å². The molecule has 0 aliphatic heterocycles. The normalized spacial score (nSPS) is 10.5. The summed E-state index contributed by atoms with van der Waals surface area (Å²) in [5.74, 6) is -0.155. The van der Waals surface area contributed by atoms with Crippen molar-refractivity contribution in [2.45, 2.75) is 6.92 Å². The predicted molar refractivity (Wildman–Crippen MR) is 92.6 cm³/mol. The third-order valence-electron chi connectivity index (χ3n) is 3.62. The van der Waals surface area contributed by atoms with Gasteiger partial charge in [-0.25, -0.2) is 0 Å². The van der Waals surface area contributed by atoms with Crippen LogP contribution in [0.2, 0.25) is 0 Å². The highest BCUT2D eigenvalue weighted by molar-refractivity contribution is 6.01. The van der Waals surface area contributed by atoms with E-state index in [1.807, 2.05) is 13.0 Å². The summed E-state index contributed by atoms with van der Waals surface area (Å²) in [6.07, 6.45) is 0. The minimum absolute atomic E-state index is 0.160. The summed E-state index contributed by atoms with van der Waals surface area (Å²) in [5, 5.41) is 15.6. The van der Waals surface area contributed by atoms with Gasteiger partial charge in [0.15, 0.2) is 0 Å². The van der Waals surface area contributed by atoms with Crippen LogP contribution in [0.3, 0.4) is 0 Å². The number of hydrogen-bond donors (Lipinski definition) is 3. The van der Waals surface area contributed by atoms with E-state index >= 15 is 0 Å². The van der Waals surface area contributed by atoms with Crippen molar-refractivity contribution in [3.63, 3.8) is 0 Å². The molecule has 0 spiro atoms. The van der Waals surface area contributed by atoms with Crippen molar-refractivity contribution in [2.24, 2.45) is 0 Å². The summed E-state index contributed by atoms with van der Waals surface area (Å²) in [7, 11) is 1.53. The quantitative estimate of drug-likeness (QED) is 0.655. The molecule has 0 atom stereocenters. The Kier molecular flexibility index (Phi) is 4.60. The average Bonchev–Trinajstić information content (AvgIpc) is 3.07. The monoisotopic (exact) mass is 339 g/mol. The van der Waals surface area contributed by atoms with Crippen molar-refractivity contribution in [2.75, 3.05) is 19.0 Å². The number of carbonyl (C=O) groups excluding carboxylic acids is 2. The summed E-state index contributed by atoms with van der Waals surface area (Å²) in [5.41, 5.74) is 3.21. The second-order valence-corrected chi connectivity index (χ2v) is 5.46. The van der Waals surface area contributed by atoms with Gasteiger partial charge >= 0.3 is 0 Å². The third-order valence-corrected chi connectivity index (χ3v) is 3.62. The number of nitrogens with one attached hydrogen (secondary N) is 3. The van der Waals surface area contributed by atoms with Crippen LogP contribution in [0.5, 0.6) is 5.75 Å². The van der Waals surface area contributed by atoms with Gasteiger partial charge in [0.2, 0.25) is 5.91 Å².